The van der Waals surface area contributed by atoms with Gasteiger partial charge < -0.3 is 10.1 Å². The molecule has 2 atom stereocenters. The van der Waals surface area contributed by atoms with Crippen molar-refractivity contribution >= 4 is 0 Å². The van der Waals surface area contributed by atoms with Gasteiger partial charge in [-0.2, -0.15) is 0 Å². The second-order valence-corrected chi connectivity index (χ2v) is 7.34. The quantitative estimate of drug-likeness (QED) is 0.848. The van der Waals surface area contributed by atoms with Crippen molar-refractivity contribution in [2.75, 3.05) is 32.8 Å². The molecule has 0 aromatic carbocycles. The molecule has 1 aliphatic carbocycles. The van der Waals surface area contributed by atoms with Crippen molar-refractivity contribution in [3.05, 3.63) is 0 Å². The lowest BCUT2D eigenvalue weighted by atomic mass is 9.88. The van der Waals surface area contributed by atoms with Crippen LogP contribution < -0.4 is 5.32 Å². The summed E-state index contributed by atoms with van der Waals surface area (Å²) in [6.07, 6.45) is 6.87. The maximum atomic E-state index is 5.57. The van der Waals surface area contributed by atoms with Gasteiger partial charge in [0.25, 0.3) is 0 Å². The summed E-state index contributed by atoms with van der Waals surface area (Å²) in [4.78, 5) is 2.80. The molecule has 3 heteroatoms. The van der Waals surface area contributed by atoms with Crippen LogP contribution in [0.15, 0.2) is 0 Å². The molecule has 2 aliphatic heterocycles. The second kappa shape index (κ2) is 5.71. The number of hydrogen-bond acceptors (Lipinski definition) is 3. The first kappa shape index (κ1) is 13.8. The van der Waals surface area contributed by atoms with E-state index in [2.05, 4.69) is 24.1 Å². The smallest absolute Gasteiger partial charge is 0.0507 e. The third-order valence-corrected chi connectivity index (χ3v) is 5.51. The molecular weight excluding hydrogens is 236 g/mol. The van der Waals surface area contributed by atoms with Gasteiger partial charge in [-0.05, 0) is 31.1 Å². The molecule has 3 nitrogen and oxygen atoms in total. The summed E-state index contributed by atoms with van der Waals surface area (Å²) >= 11 is 0. The highest BCUT2D eigenvalue weighted by Crippen LogP contribution is 2.35. The van der Waals surface area contributed by atoms with Gasteiger partial charge in [0.05, 0.1) is 6.61 Å². The van der Waals surface area contributed by atoms with E-state index in [4.69, 9.17) is 4.74 Å². The van der Waals surface area contributed by atoms with Gasteiger partial charge in [-0.3, -0.25) is 4.90 Å². The van der Waals surface area contributed by atoms with E-state index in [9.17, 15) is 0 Å². The first-order valence-electron chi connectivity index (χ1n) is 8.25. The van der Waals surface area contributed by atoms with Crippen LogP contribution in [0.3, 0.4) is 0 Å². The topological polar surface area (TPSA) is 24.5 Å². The summed E-state index contributed by atoms with van der Waals surface area (Å²) in [6.45, 7) is 10.4. The van der Waals surface area contributed by atoms with Gasteiger partial charge in [0, 0.05) is 37.8 Å². The number of rotatable bonds is 3. The molecule has 3 rings (SSSR count). The molecule has 2 unspecified atom stereocenters. The first-order valence-corrected chi connectivity index (χ1v) is 8.25. The Hall–Kier alpha value is -0.120. The van der Waals surface area contributed by atoms with Gasteiger partial charge in [-0.15, -0.1) is 0 Å². The minimum absolute atomic E-state index is 0.449. The second-order valence-electron chi connectivity index (χ2n) is 7.34. The molecule has 2 heterocycles. The predicted molar refractivity (Wildman–Crippen MR) is 78.3 cm³/mol. The van der Waals surface area contributed by atoms with Crippen LogP contribution in [0.2, 0.25) is 0 Å². The number of hydrogen-bond donors (Lipinski definition) is 1. The van der Waals surface area contributed by atoms with E-state index >= 15 is 0 Å². The fourth-order valence-electron chi connectivity index (χ4n) is 4.32. The molecule has 2 saturated heterocycles. The SMILES string of the molecule is CC(C)C1CNC2(CCCC2)CN1CC1CCOC1. The van der Waals surface area contributed by atoms with Crippen LogP contribution in [0.25, 0.3) is 0 Å². The molecule has 0 bridgehead atoms. The fourth-order valence-corrected chi connectivity index (χ4v) is 4.32. The summed E-state index contributed by atoms with van der Waals surface area (Å²) in [7, 11) is 0. The largest absolute Gasteiger partial charge is 0.381 e. The van der Waals surface area contributed by atoms with Gasteiger partial charge in [-0.1, -0.05) is 26.7 Å². The third-order valence-electron chi connectivity index (χ3n) is 5.51. The van der Waals surface area contributed by atoms with Crippen LogP contribution in [0.5, 0.6) is 0 Å². The molecular formula is C16H30N2O. The van der Waals surface area contributed by atoms with E-state index in [-0.39, 0.29) is 0 Å². The summed E-state index contributed by atoms with van der Waals surface area (Å²) in [5.74, 6) is 1.52. The number of piperazine rings is 1. The molecule has 19 heavy (non-hydrogen) atoms. The van der Waals surface area contributed by atoms with Crippen molar-refractivity contribution in [2.24, 2.45) is 11.8 Å². The van der Waals surface area contributed by atoms with E-state index < -0.39 is 0 Å². The Kier molecular flexibility index (Phi) is 4.16. The zero-order valence-electron chi connectivity index (χ0n) is 12.7. The highest BCUT2D eigenvalue weighted by atomic mass is 16.5. The Labute approximate surface area is 118 Å². The summed E-state index contributed by atoms with van der Waals surface area (Å²) < 4.78 is 5.57. The standard InChI is InChI=1S/C16H30N2O/c1-13(2)15-9-17-16(6-3-4-7-16)12-18(15)10-14-5-8-19-11-14/h13-15,17H,3-12H2,1-2H3. The highest BCUT2D eigenvalue weighted by molar-refractivity contribution is 5.01. The van der Waals surface area contributed by atoms with Crippen molar-refractivity contribution in [3.8, 4) is 0 Å². The highest BCUT2D eigenvalue weighted by Gasteiger charge is 2.42. The third kappa shape index (κ3) is 2.98. The Morgan fingerprint density at radius 3 is 2.74 bits per heavy atom. The van der Waals surface area contributed by atoms with Gasteiger partial charge in [0.2, 0.25) is 0 Å². The molecule has 0 aromatic rings. The predicted octanol–water partition coefficient (Wildman–Crippen LogP) is 2.27. The van der Waals surface area contributed by atoms with Gasteiger partial charge in [0.1, 0.15) is 0 Å². The monoisotopic (exact) mass is 266 g/mol. The fraction of sp³-hybridized carbons (Fsp3) is 1.00. The van der Waals surface area contributed by atoms with Crippen molar-refractivity contribution in [2.45, 2.75) is 57.5 Å². The minimum Gasteiger partial charge on any atom is -0.381 e. The van der Waals surface area contributed by atoms with Crippen LogP contribution in [-0.2, 0) is 4.74 Å². The lowest BCUT2D eigenvalue weighted by Crippen LogP contribution is -2.64. The summed E-state index contributed by atoms with van der Waals surface area (Å²) in [5, 5.41) is 3.91. The van der Waals surface area contributed by atoms with Gasteiger partial charge in [-0.25, -0.2) is 0 Å². The zero-order valence-corrected chi connectivity index (χ0v) is 12.7. The van der Waals surface area contributed by atoms with E-state index in [1.54, 1.807) is 0 Å². The van der Waals surface area contributed by atoms with Crippen LogP contribution >= 0.6 is 0 Å². The molecule has 1 spiro atoms. The maximum absolute atomic E-state index is 5.57. The van der Waals surface area contributed by atoms with Crippen molar-refractivity contribution < 1.29 is 4.74 Å². The van der Waals surface area contributed by atoms with Gasteiger partial charge >= 0.3 is 0 Å². The lowest BCUT2D eigenvalue weighted by molar-refractivity contribution is 0.0421. The molecule has 110 valence electrons. The molecule has 1 saturated carbocycles. The van der Waals surface area contributed by atoms with Gasteiger partial charge in [0.15, 0.2) is 0 Å². The Balaban J connectivity index is 1.66. The molecule has 1 N–H and O–H groups in total. The first-order chi connectivity index (χ1) is 9.19. The molecule has 3 aliphatic rings. The van der Waals surface area contributed by atoms with Crippen molar-refractivity contribution in [1.29, 1.82) is 0 Å². The van der Waals surface area contributed by atoms with Crippen LogP contribution in [0.4, 0.5) is 0 Å². The molecule has 0 radical (unpaired) electrons. The molecule has 0 aromatic heterocycles. The van der Waals surface area contributed by atoms with E-state index in [1.807, 2.05) is 0 Å². The maximum Gasteiger partial charge on any atom is 0.0507 e. The average Bonchev–Trinajstić information content (AvgIpc) is 3.01. The van der Waals surface area contributed by atoms with E-state index in [0.717, 1.165) is 25.0 Å². The number of nitrogens with one attached hydrogen (secondary N) is 1. The van der Waals surface area contributed by atoms with Crippen LogP contribution in [0.1, 0.15) is 46.0 Å². The van der Waals surface area contributed by atoms with E-state index in [0.29, 0.717) is 11.6 Å². The van der Waals surface area contributed by atoms with E-state index in [1.165, 1.54) is 51.7 Å². The molecule has 0 amide bonds. The zero-order chi connectivity index (χ0) is 13.3. The van der Waals surface area contributed by atoms with Crippen molar-refractivity contribution in [1.82, 2.24) is 10.2 Å². The Bertz CT molecular complexity index is 293. The molecule has 3 fully saturated rings. The Morgan fingerprint density at radius 2 is 2.11 bits per heavy atom. The minimum atomic E-state index is 0.449. The number of nitrogens with zero attached hydrogens (tertiary/aromatic N) is 1. The Morgan fingerprint density at radius 1 is 1.32 bits per heavy atom. The normalized spacial score (nSPS) is 35.5. The van der Waals surface area contributed by atoms with Crippen LogP contribution in [-0.4, -0.2) is 49.3 Å². The lowest BCUT2D eigenvalue weighted by Gasteiger charge is -2.48. The van der Waals surface area contributed by atoms with Crippen molar-refractivity contribution in [3.63, 3.8) is 0 Å². The summed E-state index contributed by atoms with van der Waals surface area (Å²) in [5.41, 5.74) is 0.449. The average molecular weight is 266 g/mol. The number of ether oxygens (including phenoxy) is 1. The summed E-state index contributed by atoms with van der Waals surface area (Å²) in [6, 6.07) is 0.715. The van der Waals surface area contributed by atoms with Crippen LogP contribution in [0, 0.1) is 11.8 Å².